The monoisotopic (exact) mass is 356 g/mol. The molecule has 2 aliphatic rings. The van der Waals surface area contributed by atoms with Gasteiger partial charge in [0, 0.05) is 0 Å². The van der Waals surface area contributed by atoms with Crippen molar-refractivity contribution in [2.45, 2.75) is 67.8 Å². The van der Waals surface area contributed by atoms with Crippen LogP contribution in [0.25, 0.3) is 0 Å². The van der Waals surface area contributed by atoms with E-state index in [1.807, 2.05) is 0 Å². The molecule has 0 aromatic heterocycles. The van der Waals surface area contributed by atoms with E-state index in [1.165, 1.54) is 6.92 Å². The maximum absolute atomic E-state index is 10.1. The van der Waals surface area contributed by atoms with Crippen LogP contribution in [0, 0.1) is 0 Å². The van der Waals surface area contributed by atoms with Crippen LogP contribution in [0.15, 0.2) is 0 Å². The Morgan fingerprint density at radius 3 is 1.88 bits per heavy atom. The second-order valence-electron chi connectivity index (χ2n) is 6.10. The molecule has 0 aliphatic carbocycles. The number of hydrogen-bond donors (Lipinski definition) is 8. The topological polar surface area (TPSA) is 190 Å². The van der Waals surface area contributed by atoms with Gasteiger partial charge in [0.1, 0.15) is 48.8 Å². The standard InChI is InChI=1S/C13H24O11/c1-13(11(21)9(19)7(17)5(3-15)23-13)24-12-10(20)8(18)6(16)4(2-14)22-12/h4-12,14-21H,2-3H2,1H3/t4-,5-,6+,7-,8+,9+,10-,11+,12-,13-/m1/s1. The quantitative estimate of drug-likeness (QED) is 0.241. The third-order valence-electron chi connectivity index (χ3n) is 4.36. The molecule has 8 N–H and O–H groups in total. The van der Waals surface area contributed by atoms with Crippen LogP contribution in [0.3, 0.4) is 0 Å². The predicted octanol–water partition coefficient (Wildman–Crippen LogP) is -5.01. The van der Waals surface area contributed by atoms with E-state index in [1.54, 1.807) is 0 Å². The third-order valence-corrected chi connectivity index (χ3v) is 4.36. The van der Waals surface area contributed by atoms with E-state index in [2.05, 4.69) is 0 Å². The normalized spacial score (nSPS) is 53.1. The molecule has 11 heteroatoms. The highest BCUT2D eigenvalue weighted by Crippen LogP contribution is 2.34. The molecule has 24 heavy (non-hydrogen) atoms. The van der Waals surface area contributed by atoms with Gasteiger partial charge in [0.15, 0.2) is 12.1 Å². The van der Waals surface area contributed by atoms with Crippen LogP contribution in [0.2, 0.25) is 0 Å². The highest BCUT2D eigenvalue weighted by molar-refractivity contribution is 4.96. The minimum absolute atomic E-state index is 0.675. The lowest BCUT2D eigenvalue weighted by molar-refractivity contribution is -0.416. The van der Waals surface area contributed by atoms with E-state index in [-0.39, 0.29) is 0 Å². The molecule has 142 valence electrons. The average Bonchev–Trinajstić information content (AvgIpc) is 2.57. The first-order chi connectivity index (χ1) is 11.2. The van der Waals surface area contributed by atoms with Gasteiger partial charge in [0.2, 0.25) is 0 Å². The highest BCUT2D eigenvalue weighted by Gasteiger charge is 2.55. The van der Waals surface area contributed by atoms with Crippen molar-refractivity contribution in [3.8, 4) is 0 Å². The molecule has 0 spiro atoms. The fourth-order valence-electron chi connectivity index (χ4n) is 2.79. The molecular formula is C13H24O11. The van der Waals surface area contributed by atoms with Crippen LogP contribution in [-0.2, 0) is 14.2 Å². The molecular weight excluding hydrogens is 332 g/mol. The molecule has 2 saturated heterocycles. The maximum atomic E-state index is 10.1. The zero-order valence-electron chi connectivity index (χ0n) is 12.9. The molecule has 10 atom stereocenters. The molecule has 0 unspecified atom stereocenters. The van der Waals surface area contributed by atoms with Gasteiger partial charge < -0.3 is 55.1 Å². The minimum atomic E-state index is -2.01. The summed E-state index contributed by atoms with van der Waals surface area (Å²) in [6, 6.07) is 0. The van der Waals surface area contributed by atoms with Gasteiger partial charge in [-0.25, -0.2) is 0 Å². The van der Waals surface area contributed by atoms with Crippen molar-refractivity contribution >= 4 is 0 Å². The van der Waals surface area contributed by atoms with Crippen molar-refractivity contribution in [3.63, 3.8) is 0 Å². The Morgan fingerprint density at radius 1 is 0.792 bits per heavy atom. The van der Waals surface area contributed by atoms with Gasteiger partial charge in [0.25, 0.3) is 0 Å². The molecule has 2 heterocycles. The fourth-order valence-corrected chi connectivity index (χ4v) is 2.79. The summed E-state index contributed by atoms with van der Waals surface area (Å²) in [5, 5.41) is 77.4. The second kappa shape index (κ2) is 7.43. The minimum Gasteiger partial charge on any atom is -0.394 e. The summed E-state index contributed by atoms with van der Waals surface area (Å²) in [6.45, 7) is -0.180. The third kappa shape index (κ3) is 3.43. The number of rotatable bonds is 4. The van der Waals surface area contributed by atoms with E-state index in [0.717, 1.165) is 0 Å². The van der Waals surface area contributed by atoms with E-state index in [0.29, 0.717) is 0 Å². The lowest BCUT2D eigenvalue weighted by Gasteiger charge is -2.49. The van der Waals surface area contributed by atoms with E-state index in [9.17, 15) is 35.7 Å². The van der Waals surface area contributed by atoms with Crippen molar-refractivity contribution in [2.24, 2.45) is 0 Å². The van der Waals surface area contributed by atoms with Gasteiger partial charge in [-0.1, -0.05) is 0 Å². The van der Waals surface area contributed by atoms with E-state index < -0.39 is 74.1 Å². The van der Waals surface area contributed by atoms with Crippen molar-refractivity contribution in [2.75, 3.05) is 13.2 Å². The summed E-state index contributed by atoms with van der Waals surface area (Å²) < 4.78 is 15.8. The van der Waals surface area contributed by atoms with Gasteiger partial charge in [-0.2, -0.15) is 0 Å². The van der Waals surface area contributed by atoms with Crippen LogP contribution >= 0.6 is 0 Å². The van der Waals surface area contributed by atoms with Gasteiger partial charge >= 0.3 is 0 Å². The van der Waals surface area contributed by atoms with E-state index in [4.69, 9.17) is 19.3 Å². The molecule has 2 fully saturated rings. The van der Waals surface area contributed by atoms with Crippen molar-refractivity contribution in [1.29, 1.82) is 0 Å². The highest BCUT2D eigenvalue weighted by atomic mass is 16.8. The largest absolute Gasteiger partial charge is 0.394 e. The molecule has 0 aromatic carbocycles. The Morgan fingerprint density at radius 2 is 1.33 bits per heavy atom. The first kappa shape index (κ1) is 19.9. The summed E-state index contributed by atoms with van der Waals surface area (Å²) in [5.74, 6) is -2.01. The zero-order chi connectivity index (χ0) is 18.2. The SMILES string of the molecule is C[C@]1(O[C@H]2O[C@H](CO)[C@H](O)[C@H](O)[C@H]2O)O[C@H](CO)[C@@H](O)[C@H](O)[C@@H]1O. The summed E-state index contributed by atoms with van der Waals surface area (Å²) in [4.78, 5) is 0. The predicted molar refractivity (Wildman–Crippen MR) is 73.2 cm³/mol. The number of aliphatic hydroxyl groups excluding tert-OH is 8. The number of hydrogen-bond acceptors (Lipinski definition) is 11. The lowest BCUT2D eigenvalue weighted by atomic mass is 9.93. The molecule has 0 saturated carbocycles. The molecule has 0 radical (unpaired) electrons. The Bertz CT molecular complexity index is 419. The molecule has 2 rings (SSSR count). The first-order valence-electron chi connectivity index (χ1n) is 7.47. The van der Waals surface area contributed by atoms with Gasteiger partial charge in [-0.05, 0) is 6.92 Å². The number of ether oxygens (including phenoxy) is 3. The first-order valence-corrected chi connectivity index (χ1v) is 7.47. The van der Waals surface area contributed by atoms with Crippen molar-refractivity contribution in [3.05, 3.63) is 0 Å². The van der Waals surface area contributed by atoms with Crippen LogP contribution in [0.4, 0.5) is 0 Å². The van der Waals surface area contributed by atoms with Crippen LogP contribution < -0.4 is 0 Å². The van der Waals surface area contributed by atoms with Crippen LogP contribution in [-0.4, -0.2) is 115 Å². The smallest absolute Gasteiger partial charge is 0.197 e. The molecule has 0 amide bonds. The summed E-state index contributed by atoms with van der Waals surface area (Å²) in [6.07, 6.45) is -14.2. The van der Waals surface area contributed by atoms with Crippen LogP contribution in [0.1, 0.15) is 6.92 Å². The summed E-state index contributed by atoms with van der Waals surface area (Å²) in [7, 11) is 0. The molecule has 11 nitrogen and oxygen atoms in total. The van der Waals surface area contributed by atoms with Gasteiger partial charge in [-0.3, -0.25) is 0 Å². The average molecular weight is 356 g/mol. The Labute approximate surface area is 137 Å². The fraction of sp³-hybridized carbons (Fsp3) is 1.00. The van der Waals surface area contributed by atoms with E-state index >= 15 is 0 Å². The maximum Gasteiger partial charge on any atom is 0.197 e. The van der Waals surface area contributed by atoms with Crippen molar-refractivity contribution in [1.82, 2.24) is 0 Å². The number of aliphatic hydroxyl groups is 8. The molecule has 0 aromatic rings. The second-order valence-corrected chi connectivity index (χ2v) is 6.10. The lowest BCUT2D eigenvalue weighted by Crippen LogP contribution is -2.68. The van der Waals surface area contributed by atoms with Crippen LogP contribution in [0.5, 0.6) is 0 Å². The zero-order valence-corrected chi connectivity index (χ0v) is 12.9. The molecule has 2 aliphatic heterocycles. The Kier molecular flexibility index (Phi) is 6.16. The summed E-state index contributed by atoms with van der Waals surface area (Å²) >= 11 is 0. The molecule has 0 bridgehead atoms. The van der Waals surface area contributed by atoms with Gasteiger partial charge in [0.05, 0.1) is 13.2 Å². The van der Waals surface area contributed by atoms with Gasteiger partial charge in [-0.15, -0.1) is 0 Å². The Balaban J connectivity index is 2.18. The summed E-state index contributed by atoms with van der Waals surface area (Å²) in [5.41, 5.74) is 0. The Hall–Kier alpha value is -0.440. The van der Waals surface area contributed by atoms with Crippen molar-refractivity contribution < 1.29 is 55.1 Å².